The molecule has 0 saturated heterocycles. The second-order valence-corrected chi connectivity index (χ2v) is 5.63. The lowest BCUT2D eigenvalue weighted by Gasteiger charge is -2.11. The summed E-state index contributed by atoms with van der Waals surface area (Å²) in [5, 5.41) is 5.08. The predicted octanol–water partition coefficient (Wildman–Crippen LogP) is 3.04. The molecule has 2 aromatic rings. The molecule has 102 valence electrons. The third-order valence-corrected chi connectivity index (χ3v) is 4.19. The Balaban J connectivity index is 2.21. The number of rotatable bonds is 4. The van der Waals surface area contributed by atoms with Crippen LogP contribution in [0.15, 0.2) is 22.8 Å². The van der Waals surface area contributed by atoms with Crippen LogP contribution in [0.3, 0.4) is 0 Å². The first-order valence-corrected chi connectivity index (χ1v) is 7.27. The zero-order valence-corrected chi connectivity index (χ0v) is 13.2. The molecule has 19 heavy (non-hydrogen) atoms. The summed E-state index contributed by atoms with van der Waals surface area (Å²) in [6.45, 7) is 2.08. The summed E-state index contributed by atoms with van der Waals surface area (Å²) in [6, 6.07) is 3.49. The molecule has 0 aliphatic carbocycles. The summed E-state index contributed by atoms with van der Waals surface area (Å²) in [5.74, 6) is 0. The Morgan fingerprint density at radius 2 is 2.21 bits per heavy atom. The van der Waals surface area contributed by atoms with Crippen molar-refractivity contribution in [3.63, 3.8) is 0 Å². The summed E-state index contributed by atoms with van der Waals surface area (Å²) in [6.07, 6.45) is 3.19. The summed E-state index contributed by atoms with van der Waals surface area (Å²) >= 11 is 9.42. The van der Waals surface area contributed by atoms with E-state index in [0.717, 1.165) is 28.0 Å². The number of pyridine rings is 1. The fraction of sp³-hybridized carbons (Fsp3) is 0.385. The van der Waals surface area contributed by atoms with Crippen LogP contribution in [-0.4, -0.2) is 14.8 Å². The van der Waals surface area contributed by atoms with Gasteiger partial charge in [0.25, 0.3) is 0 Å². The van der Waals surface area contributed by atoms with Gasteiger partial charge < -0.3 is 5.73 Å². The standard InChI is InChI=1S/C13H16BrClN4/c1-3-10-13(14)12(19(2)18-10)6-9(16)11-5-4-8(15)7-17-11/h4-5,7,9H,3,6,16H2,1-2H3. The van der Waals surface area contributed by atoms with Gasteiger partial charge in [0, 0.05) is 19.7 Å². The first-order chi connectivity index (χ1) is 9.02. The highest BCUT2D eigenvalue weighted by Gasteiger charge is 2.17. The average molecular weight is 344 g/mol. The van der Waals surface area contributed by atoms with Crippen molar-refractivity contribution in [2.24, 2.45) is 12.8 Å². The smallest absolute Gasteiger partial charge is 0.0766 e. The van der Waals surface area contributed by atoms with Gasteiger partial charge in [0.05, 0.1) is 32.6 Å². The first-order valence-electron chi connectivity index (χ1n) is 6.10. The van der Waals surface area contributed by atoms with Crippen molar-refractivity contribution < 1.29 is 0 Å². The number of nitrogens with zero attached hydrogens (tertiary/aromatic N) is 3. The normalized spacial score (nSPS) is 12.7. The number of halogens is 2. The quantitative estimate of drug-likeness (QED) is 0.928. The lowest BCUT2D eigenvalue weighted by molar-refractivity contribution is 0.626. The number of aryl methyl sites for hydroxylation is 2. The van der Waals surface area contributed by atoms with Gasteiger partial charge in [0.2, 0.25) is 0 Å². The van der Waals surface area contributed by atoms with Gasteiger partial charge in [0.1, 0.15) is 0 Å². The molecule has 1 unspecified atom stereocenters. The highest BCUT2D eigenvalue weighted by molar-refractivity contribution is 9.10. The zero-order valence-electron chi connectivity index (χ0n) is 10.9. The van der Waals surface area contributed by atoms with E-state index in [-0.39, 0.29) is 6.04 Å². The van der Waals surface area contributed by atoms with Crippen LogP contribution in [0, 0.1) is 0 Å². The number of hydrogen-bond donors (Lipinski definition) is 1. The van der Waals surface area contributed by atoms with E-state index in [1.165, 1.54) is 0 Å². The molecule has 0 amide bonds. The maximum absolute atomic E-state index is 6.20. The average Bonchev–Trinajstić information content (AvgIpc) is 2.67. The lowest BCUT2D eigenvalue weighted by atomic mass is 10.1. The van der Waals surface area contributed by atoms with Crippen molar-refractivity contribution >= 4 is 27.5 Å². The maximum Gasteiger partial charge on any atom is 0.0766 e. The van der Waals surface area contributed by atoms with E-state index >= 15 is 0 Å². The monoisotopic (exact) mass is 342 g/mol. The Kier molecular flexibility index (Phi) is 4.60. The summed E-state index contributed by atoms with van der Waals surface area (Å²) in [4.78, 5) is 4.26. The second kappa shape index (κ2) is 6.03. The maximum atomic E-state index is 6.20. The number of nitrogens with two attached hydrogens (primary N) is 1. The van der Waals surface area contributed by atoms with Gasteiger partial charge in [-0.15, -0.1) is 0 Å². The fourth-order valence-electron chi connectivity index (χ4n) is 1.96. The van der Waals surface area contributed by atoms with Gasteiger partial charge in [-0.05, 0) is 34.5 Å². The minimum absolute atomic E-state index is 0.173. The molecule has 0 bridgehead atoms. The topological polar surface area (TPSA) is 56.7 Å². The molecule has 2 heterocycles. The molecule has 1 atom stereocenters. The van der Waals surface area contributed by atoms with Gasteiger partial charge >= 0.3 is 0 Å². The van der Waals surface area contributed by atoms with Crippen molar-refractivity contribution in [3.8, 4) is 0 Å². The first kappa shape index (κ1) is 14.5. The number of aromatic nitrogens is 3. The number of hydrogen-bond acceptors (Lipinski definition) is 3. The molecule has 4 nitrogen and oxygen atoms in total. The van der Waals surface area contributed by atoms with E-state index in [0.29, 0.717) is 11.4 Å². The fourth-order valence-corrected chi connectivity index (χ4v) is 2.85. The van der Waals surface area contributed by atoms with E-state index in [4.69, 9.17) is 17.3 Å². The Hall–Kier alpha value is -0.910. The van der Waals surface area contributed by atoms with E-state index in [2.05, 4.69) is 32.9 Å². The van der Waals surface area contributed by atoms with Crippen molar-refractivity contribution in [2.75, 3.05) is 0 Å². The van der Waals surface area contributed by atoms with Crippen LogP contribution in [0.5, 0.6) is 0 Å². The van der Waals surface area contributed by atoms with Gasteiger partial charge in [-0.25, -0.2) is 0 Å². The van der Waals surface area contributed by atoms with Crippen LogP contribution in [0.2, 0.25) is 5.02 Å². The second-order valence-electron chi connectivity index (χ2n) is 4.40. The van der Waals surface area contributed by atoms with E-state index in [9.17, 15) is 0 Å². The summed E-state index contributed by atoms with van der Waals surface area (Å²) in [7, 11) is 1.93. The predicted molar refractivity (Wildman–Crippen MR) is 80.2 cm³/mol. The van der Waals surface area contributed by atoms with Crippen LogP contribution in [0.4, 0.5) is 0 Å². The molecular weight excluding hydrogens is 328 g/mol. The Morgan fingerprint density at radius 1 is 1.47 bits per heavy atom. The molecule has 0 saturated carbocycles. The zero-order chi connectivity index (χ0) is 14.0. The van der Waals surface area contributed by atoms with Crippen LogP contribution in [0.25, 0.3) is 0 Å². The molecule has 2 rings (SSSR count). The van der Waals surface area contributed by atoms with Crippen LogP contribution in [0.1, 0.15) is 30.0 Å². The summed E-state index contributed by atoms with van der Waals surface area (Å²) in [5.41, 5.74) is 9.16. The van der Waals surface area contributed by atoms with Crippen molar-refractivity contribution in [2.45, 2.75) is 25.8 Å². The van der Waals surface area contributed by atoms with Crippen LogP contribution < -0.4 is 5.73 Å². The molecule has 2 N–H and O–H groups in total. The largest absolute Gasteiger partial charge is 0.322 e. The highest BCUT2D eigenvalue weighted by Crippen LogP contribution is 2.25. The Labute approximate surface area is 126 Å². The van der Waals surface area contributed by atoms with Gasteiger partial charge in [0.15, 0.2) is 0 Å². The van der Waals surface area contributed by atoms with Crippen LogP contribution >= 0.6 is 27.5 Å². The summed E-state index contributed by atoms with van der Waals surface area (Å²) < 4.78 is 2.92. The molecular formula is C13H16BrClN4. The molecule has 0 radical (unpaired) electrons. The molecule has 0 aliphatic heterocycles. The Bertz CT molecular complexity index is 565. The van der Waals surface area contributed by atoms with E-state index < -0.39 is 0 Å². The highest BCUT2D eigenvalue weighted by atomic mass is 79.9. The SMILES string of the molecule is CCc1nn(C)c(CC(N)c2ccc(Cl)cn2)c1Br. The van der Waals surface area contributed by atoms with Crippen molar-refractivity contribution in [3.05, 3.63) is 44.9 Å². The van der Waals surface area contributed by atoms with Gasteiger partial charge in [-0.2, -0.15) is 5.10 Å². The molecule has 0 aromatic carbocycles. The van der Waals surface area contributed by atoms with Gasteiger partial charge in [-0.3, -0.25) is 9.67 Å². The van der Waals surface area contributed by atoms with E-state index in [1.807, 2.05) is 17.8 Å². The van der Waals surface area contributed by atoms with E-state index in [1.54, 1.807) is 12.3 Å². The molecule has 0 fully saturated rings. The minimum Gasteiger partial charge on any atom is -0.322 e. The molecule has 6 heteroatoms. The molecule has 0 aliphatic rings. The Morgan fingerprint density at radius 3 is 2.74 bits per heavy atom. The third kappa shape index (κ3) is 3.16. The van der Waals surface area contributed by atoms with Gasteiger partial charge in [-0.1, -0.05) is 18.5 Å². The van der Waals surface area contributed by atoms with Crippen LogP contribution in [-0.2, 0) is 19.9 Å². The van der Waals surface area contributed by atoms with Crippen molar-refractivity contribution in [1.82, 2.24) is 14.8 Å². The lowest BCUT2D eigenvalue weighted by Crippen LogP contribution is -2.16. The minimum atomic E-state index is -0.173. The van der Waals surface area contributed by atoms with Crippen molar-refractivity contribution in [1.29, 1.82) is 0 Å². The molecule has 2 aromatic heterocycles. The third-order valence-electron chi connectivity index (χ3n) is 3.05. The molecule has 0 spiro atoms.